The van der Waals surface area contributed by atoms with E-state index in [0.717, 1.165) is 55.4 Å². The van der Waals surface area contributed by atoms with Crippen LogP contribution in [0.25, 0.3) is 11.0 Å². The van der Waals surface area contributed by atoms with Crippen molar-refractivity contribution in [1.29, 1.82) is 0 Å². The van der Waals surface area contributed by atoms with E-state index in [0.29, 0.717) is 24.4 Å². The van der Waals surface area contributed by atoms with Gasteiger partial charge in [-0.1, -0.05) is 50.7 Å². The lowest BCUT2D eigenvalue weighted by Gasteiger charge is -2.52. The monoisotopic (exact) mass is 560 g/mol. The Morgan fingerprint density at radius 1 is 0.854 bits per heavy atom. The van der Waals surface area contributed by atoms with Crippen molar-refractivity contribution in [2.45, 2.75) is 121 Å². The Bertz CT molecular complexity index is 1180. The molecule has 8 rings (SSSR count). The maximum absolute atomic E-state index is 11.2. The van der Waals surface area contributed by atoms with Gasteiger partial charge in [-0.3, -0.25) is 9.69 Å². The van der Waals surface area contributed by atoms with Crippen molar-refractivity contribution < 1.29 is 9.90 Å². The number of carbonyl (C=O) groups is 1. The molecule has 3 saturated heterocycles. The number of hydrogen-bond acceptors (Lipinski definition) is 4. The number of rotatable bonds is 7. The Kier molecular flexibility index (Phi) is 8.41. The van der Waals surface area contributed by atoms with Crippen LogP contribution in [0.3, 0.4) is 0 Å². The van der Waals surface area contributed by atoms with Crippen molar-refractivity contribution in [3.05, 3.63) is 30.1 Å². The molecule has 3 aliphatic carbocycles. The number of para-hydroxylation sites is 2. The second kappa shape index (κ2) is 12.4. The number of fused-ring (bicyclic) bond motifs is 8. The van der Waals surface area contributed by atoms with Gasteiger partial charge in [0.1, 0.15) is 5.82 Å². The Hall–Kier alpha value is -1.92. The van der Waals surface area contributed by atoms with Gasteiger partial charge in [0.25, 0.3) is 0 Å². The van der Waals surface area contributed by atoms with Crippen LogP contribution in [0, 0.1) is 23.7 Å². The minimum atomic E-state index is -0.686. The summed E-state index contributed by atoms with van der Waals surface area (Å²) in [6.45, 7) is 4.00. The van der Waals surface area contributed by atoms with Crippen LogP contribution in [0.5, 0.6) is 0 Å². The number of likely N-dealkylation sites (tertiary alicyclic amines) is 1. The number of piperidine rings is 2. The van der Waals surface area contributed by atoms with Crippen molar-refractivity contribution in [3.63, 3.8) is 0 Å². The van der Waals surface area contributed by atoms with Crippen LogP contribution in [0.4, 0.5) is 0 Å². The van der Waals surface area contributed by atoms with E-state index in [2.05, 4.69) is 38.6 Å². The molecule has 0 spiro atoms. The topological polar surface area (TPSA) is 61.6 Å². The number of carboxylic acids is 1. The number of imidazole rings is 1. The molecule has 6 aliphatic rings. The van der Waals surface area contributed by atoms with Crippen molar-refractivity contribution in [3.8, 4) is 0 Å². The number of aliphatic carboxylic acids is 1. The molecule has 7 atom stereocenters. The molecule has 224 valence electrons. The van der Waals surface area contributed by atoms with E-state index in [1.807, 2.05) is 0 Å². The Labute approximate surface area is 246 Å². The van der Waals surface area contributed by atoms with E-state index < -0.39 is 5.97 Å². The van der Waals surface area contributed by atoms with E-state index >= 15 is 0 Å². The van der Waals surface area contributed by atoms with Crippen molar-refractivity contribution in [2.24, 2.45) is 23.7 Å². The van der Waals surface area contributed by atoms with Gasteiger partial charge in [-0.15, -0.1) is 0 Å². The van der Waals surface area contributed by atoms with E-state index in [1.165, 1.54) is 101 Å². The fraction of sp³-hybridized carbons (Fsp3) is 0.771. The normalized spacial score (nSPS) is 35.2. The first-order valence-corrected chi connectivity index (χ1v) is 17.3. The third-order valence-corrected chi connectivity index (χ3v) is 11.9. The third-order valence-electron chi connectivity index (χ3n) is 11.9. The molecule has 6 fully saturated rings. The maximum atomic E-state index is 11.2. The van der Waals surface area contributed by atoms with Gasteiger partial charge in [0.15, 0.2) is 0 Å². The molecule has 1 unspecified atom stereocenters. The predicted molar refractivity (Wildman–Crippen MR) is 164 cm³/mol. The molecule has 3 saturated carbocycles. The van der Waals surface area contributed by atoms with Gasteiger partial charge >= 0.3 is 5.97 Å². The fourth-order valence-electron chi connectivity index (χ4n) is 10.0. The smallest absolute Gasteiger partial charge is 0.304 e. The molecule has 3 aliphatic heterocycles. The standard InChI is InChI=1S/C35H52N4O2/c40-35(41)15-17-37-16-7-10-27(23-37)21-34-36-31-13-5-6-14-32(31)39(34)33-22-29-12-4-3-11-28(33)24-38(29)30-19-25-8-1-2-9-26(18-25)20-30/h5-6,13-14,25-30,33H,1-4,7-12,15-24H2,(H,40,41)/t25-,26+,27-,28?,29+,30-,33-/m0/s1. The second-order valence-corrected chi connectivity index (χ2v) is 14.6. The number of benzene rings is 1. The Morgan fingerprint density at radius 2 is 1.63 bits per heavy atom. The van der Waals surface area contributed by atoms with Crippen LogP contribution in [0.2, 0.25) is 0 Å². The highest BCUT2D eigenvalue weighted by atomic mass is 16.4. The van der Waals surface area contributed by atoms with Gasteiger partial charge in [-0.05, 0) is 93.7 Å². The van der Waals surface area contributed by atoms with Gasteiger partial charge < -0.3 is 14.6 Å². The lowest BCUT2D eigenvalue weighted by Crippen LogP contribution is -2.55. The molecule has 1 aromatic heterocycles. The average Bonchev–Trinajstić information content (AvgIpc) is 3.22. The van der Waals surface area contributed by atoms with E-state index in [1.54, 1.807) is 0 Å². The lowest BCUT2D eigenvalue weighted by molar-refractivity contribution is -0.137. The first-order valence-electron chi connectivity index (χ1n) is 17.3. The highest BCUT2D eigenvalue weighted by molar-refractivity contribution is 5.76. The third kappa shape index (κ3) is 6.11. The number of carboxylic acid groups (broad SMARTS) is 1. The molecule has 6 heteroatoms. The number of aromatic nitrogens is 2. The van der Waals surface area contributed by atoms with E-state index in [-0.39, 0.29) is 6.42 Å². The van der Waals surface area contributed by atoms with Crippen LogP contribution in [0.15, 0.2) is 24.3 Å². The molecule has 6 nitrogen and oxygen atoms in total. The largest absolute Gasteiger partial charge is 0.481 e. The number of hydrogen-bond donors (Lipinski definition) is 1. The summed E-state index contributed by atoms with van der Waals surface area (Å²) >= 11 is 0. The highest BCUT2D eigenvalue weighted by Crippen LogP contribution is 2.47. The Balaban J connectivity index is 1.14. The van der Waals surface area contributed by atoms with E-state index in [4.69, 9.17) is 4.98 Å². The summed E-state index contributed by atoms with van der Waals surface area (Å²) in [5.74, 6) is 3.84. The molecular formula is C35H52N4O2. The fourth-order valence-corrected chi connectivity index (χ4v) is 10.0. The van der Waals surface area contributed by atoms with Gasteiger partial charge in [0, 0.05) is 44.2 Å². The Morgan fingerprint density at radius 3 is 2.46 bits per heavy atom. The zero-order valence-corrected chi connectivity index (χ0v) is 25.1. The lowest BCUT2D eigenvalue weighted by atomic mass is 9.73. The van der Waals surface area contributed by atoms with Crippen LogP contribution < -0.4 is 0 Å². The summed E-state index contributed by atoms with van der Waals surface area (Å²) in [6.07, 6.45) is 20.8. The molecule has 41 heavy (non-hydrogen) atoms. The van der Waals surface area contributed by atoms with Crippen LogP contribution in [-0.4, -0.2) is 68.7 Å². The van der Waals surface area contributed by atoms with Crippen molar-refractivity contribution in [1.82, 2.24) is 19.4 Å². The average molecular weight is 561 g/mol. The number of nitrogens with zero attached hydrogens (tertiary/aromatic N) is 4. The predicted octanol–water partition coefficient (Wildman–Crippen LogP) is 6.93. The SMILES string of the molecule is O=C(O)CCN1CCC[C@@H](Cc2nc3ccccc3n2[C@H]2C[C@H]3CCCCC2CN3[C@@H]2C[C@@H]3CCCC[C@@H](C3)C2)C1. The molecule has 1 N–H and O–H groups in total. The van der Waals surface area contributed by atoms with Crippen LogP contribution >= 0.6 is 0 Å². The zero-order valence-electron chi connectivity index (χ0n) is 25.1. The molecule has 0 radical (unpaired) electrons. The van der Waals surface area contributed by atoms with Gasteiger partial charge in [-0.25, -0.2) is 4.98 Å². The molecule has 0 amide bonds. The molecular weight excluding hydrogens is 508 g/mol. The first-order chi connectivity index (χ1) is 20.1. The van der Waals surface area contributed by atoms with Gasteiger partial charge in [0.05, 0.1) is 17.5 Å². The summed E-state index contributed by atoms with van der Waals surface area (Å²) in [4.78, 5) is 22.0. The molecule has 4 bridgehead atoms. The summed E-state index contributed by atoms with van der Waals surface area (Å²) in [5, 5.41) is 9.21. The molecule has 1 aromatic carbocycles. The quantitative estimate of drug-likeness (QED) is 0.398. The van der Waals surface area contributed by atoms with Gasteiger partial charge in [0.2, 0.25) is 0 Å². The second-order valence-electron chi connectivity index (χ2n) is 14.6. The van der Waals surface area contributed by atoms with Crippen LogP contribution in [-0.2, 0) is 11.2 Å². The highest BCUT2D eigenvalue weighted by Gasteiger charge is 2.44. The van der Waals surface area contributed by atoms with Crippen molar-refractivity contribution >= 4 is 17.0 Å². The summed E-state index contributed by atoms with van der Waals surface area (Å²) < 4.78 is 2.73. The van der Waals surface area contributed by atoms with Crippen molar-refractivity contribution in [2.75, 3.05) is 26.2 Å². The summed E-state index contributed by atoms with van der Waals surface area (Å²) in [5.41, 5.74) is 2.50. The maximum Gasteiger partial charge on any atom is 0.304 e. The van der Waals surface area contributed by atoms with Crippen LogP contribution in [0.1, 0.15) is 108 Å². The van der Waals surface area contributed by atoms with E-state index in [9.17, 15) is 9.90 Å². The first kappa shape index (κ1) is 27.9. The minimum absolute atomic E-state index is 0.245. The summed E-state index contributed by atoms with van der Waals surface area (Å²) in [6, 6.07) is 11.0. The zero-order chi connectivity index (χ0) is 27.8. The molecule has 2 aromatic rings. The minimum Gasteiger partial charge on any atom is -0.481 e. The van der Waals surface area contributed by atoms with Gasteiger partial charge in [-0.2, -0.15) is 0 Å². The summed E-state index contributed by atoms with van der Waals surface area (Å²) in [7, 11) is 0. The molecule has 4 heterocycles.